The fourth-order valence-electron chi connectivity index (χ4n) is 4.46. The fourth-order valence-corrected chi connectivity index (χ4v) is 4.46. The van der Waals surface area contributed by atoms with Crippen molar-refractivity contribution in [2.24, 2.45) is 7.05 Å². The third kappa shape index (κ3) is 5.22. The predicted octanol–water partition coefficient (Wildman–Crippen LogP) is 6.07. The van der Waals surface area contributed by atoms with E-state index in [1.807, 2.05) is 72.4 Å². The molecule has 0 aliphatic carbocycles. The number of ether oxygens (including phenoxy) is 4. The summed E-state index contributed by atoms with van der Waals surface area (Å²) in [6.45, 7) is 0. The van der Waals surface area contributed by atoms with E-state index < -0.39 is 0 Å². The number of benzene rings is 3. The van der Waals surface area contributed by atoms with Crippen LogP contribution >= 0.6 is 0 Å². The SMILES string of the molecule is COc1ccc(/C=C\c2cc(OC)c(OC)c(OC)c2)c(C/C=C\C(=O)c2cn(C)c3ccccc23)c1O. The molecule has 0 fully saturated rings. The Hall–Kier alpha value is -4.65. The molecule has 3 aromatic carbocycles. The highest BCUT2D eigenvalue weighted by atomic mass is 16.5. The highest BCUT2D eigenvalue weighted by molar-refractivity contribution is 6.13. The Kier molecular flexibility index (Phi) is 8.06. The monoisotopic (exact) mass is 513 g/mol. The normalized spacial score (nSPS) is 11.4. The van der Waals surface area contributed by atoms with Gasteiger partial charge in [-0.05, 0) is 47.9 Å². The Morgan fingerprint density at radius 1 is 0.895 bits per heavy atom. The maximum absolute atomic E-state index is 13.0. The van der Waals surface area contributed by atoms with Gasteiger partial charge in [0.1, 0.15) is 0 Å². The third-order valence-electron chi connectivity index (χ3n) is 6.40. The van der Waals surface area contributed by atoms with Crippen molar-refractivity contribution in [3.05, 3.63) is 89.1 Å². The molecule has 0 unspecified atom stereocenters. The molecule has 0 aliphatic heterocycles. The molecule has 0 saturated heterocycles. The van der Waals surface area contributed by atoms with Gasteiger partial charge in [-0.2, -0.15) is 0 Å². The van der Waals surface area contributed by atoms with Gasteiger partial charge in [-0.15, -0.1) is 0 Å². The van der Waals surface area contributed by atoms with E-state index in [9.17, 15) is 9.90 Å². The van der Waals surface area contributed by atoms with E-state index in [1.54, 1.807) is 39.5 Å². The number of phenolic OH excluding ortho intramolecular Hbond substituents is 1. The van der Waals surface area contributed by atoms with Crippen molar-refractivity contribution >= 4 is 28.8 Å². The molecule has 7 nitrogen and oxygen atoms in total. The number of rotatable bonds is 10. The largest absolute Gasteiger partial charge is 0.504 e. The Morgan fingerprint density at radius 2 is 1.58 bits per heavy atom. The Morgan fingerprint density at radius 3 is 2.24 bits per heavy atom. The molecule has 7 heteroatoms. The molecule has 0 saturated carbocycles. The number of aromatic hydroxyl groups is 1. The molecule has 1 N–H and O–H groups in total. The highest BCUT2D eigenvalue weighted by Gasteiger charge is 2.15. The molecule has 0 aliphatic rings. The quantitative estimate of drug-likeness (QED) is 0.158. The van der Waals surface area contributed by atoms with E-state index >= 15 is 0 Å². The van der Waals surface area contributed by atoms with Crippen LogP contribution in [0, 0.1) is 0 Å². The lowest BCUT2D eigenvalue weighted by atomic mass is 10.00. The zero-order valence-corrected chi connectivity index (χ0v) is 22.1. The number of hydrogen-bond acceptors (Lipinski definition) is 6. The molecular formula is C31H31NO6. The molecule has 1 heterocycles. The zero-order valence-electron chi connectivity index (χ0n) is 22.1. The number of para-hydroxylation sites is 1. The van der Waals surface area contributed by atoms with Gasteiger partial charge in [0.2, 0.25) is 5.75 Å². The van der Waals surface area contributed by atoms with Crippen LogP contribution in [-0.4, -0.2) is 43.9 Å². The number of aromatic nitrogens is 1. The highest BCUT2D eigenvalue weighted by Crippen LogP contribution is 2.39. The Balaban J connectivity index is 1.64. The molecule has 0 amide bonds. The summed E-state index contributed by atoms with van der Waals surface area (Å²) in [5.41, 5.74) is 3.86. The lowest BCUT2D eigenvalue weighted by Gasteiger charge is -2.13. The van der Waals surface area contributed by atoms with Crippen molar-refractivity contribution in [1.29, 1.82) is 0 Å². The first kappa shape index (κ1) is 26.4. The number of carbonyl (C=O) groups is 1. The summed E-state index contributed by atoms with van der Waals surface area (Å²) in [5, 5.41) is 11.8. The topological polar surface area (TPSA) is 79.2 Å². The van der Waals surface area contributed by atoms with Gasteiger partial charge in [0.15, 0.2) is 28.8 Å². The van der Waals surface area contributed by atoms with Crippen molar-refractivity contribution in [2.45, 2.75) is 6.42 Å². The van der Waals surface area contributed by atoms with Crippen LogP contribution in [0.15, 0.2) is 66.9 Å². The molecule has 0 spiro atoms. The summed E-state index contributed by atoms with van der Waals surface area (Å²) in [5.74, 6) is 1.88. The summed E-state index contributed by atoms with van der Waals surface area (Å²) in [6.07, 6.45) is 9.25. The van der Waals surface area contributed by atoms with E-state index in [0.29, 0.717) is 40.5 Å². The summed E-state index contributed by atoms with van der Waals surface area (Å²) in [6, 6.07) is 15.0. The van der Waals surface area contributed by atoms with Gasteiger partial charge in [-0.25, -0.2) is 0 Å². The number of fused-ring (bicyclic) bond motifs is 1. The van der Waals surface area contributed by atoms with Gasteiger partial charge in [-0.1, -0.05) is 42.5 Å². The summed E-state index contributed by atoms with van der Waals surface area (Å²) < 4.78 is 23.6. The molecule has 0 bridgehead atoms. The van der Waals surface area contributed by atoms with Gasteiger partial charge in [0.05, 0.1) is 28.4 Å². The van der Waals surface area contributed by atoms with E-state index in [0.717, 1.165) is 22.0 Å². The molecule has 1 aromatic heterocycles. The van der Waals surface area contributed by atoms with Gasteiger partial charge in [-0.3, -0.25) is 4.79 Å². The van der Waals surface area contributed by atoms with Crippen LogP contribution < -0.4 is 18.9 Å². The van der Waals surface area contributed by atoms with Crippen molar-refractivity contribution in [3.63, 3.8) is 0 Å². The fraction of sp³-hybridized carbons (Fsp3) is 0.194. The van der Waals surface area contributed by atoms with Gasteiger partial charge in [0, 0.05) is 35.3 Å². The molecule has 4 aromatic rings. The van der Waals surface area contributed by atoms with Crippen LogP contribution in [0.25, 0.3) is 23.1 Å². The number of carbonyl (C=O) groups excluding carboxylic acids is 1. The van der Waals surface area contributed by atoms with E-state index in [2.05, 4.69) is 0 Å². The smallest absolute Gasteiger partial charge is 0.203 e. The Bertz CT molecular complexity index is 1500. The Labute approximate surface area is 222 Å². The molecule has 0 atom stereocenters. The average molecular weight is 514 g/mol. The number of hydrogen-bond donors (Lipinski definition) is 1. The minimum atomic E-state index is -0.0984. The van der Waals surface area contributed by atoms with Gasteiger partial charge in [0.25, 0.3) is 0 Å². The standard InChI is InChI=1S/C31H31NO6/c1-32-19-24(23-9-6-7-11-25(23)32)26(33)12-8-10-22-21(15-16-27(35-2)30(22)34)14-13-20-17-28(36-3)31(38-5)29(18-20)37-4/h6-9,11-19,34H,10H2,1-5H3/b12-8-,14-13-. The molecular weight excluding hydrogens is 482 g/mol. The molecule has 38 heavy (non-hydrogen) atoms. The molecule has 0 radical (unpaired) electrons. The number of allylic oxidation sites excluding steroid dienone is 2. The number of ketones is 1. The number of methoxy groups -OCH3 is 4. The van der Waals surface area contributed by atoms with Crippen LogP contribution in [0.2, 0.25) is 0 Å². The van der Waals surface area contributed by atoms with Crippen LogP contribution in [0.1, 0.15) is 27.0 Å². The summed E-state index contributed by atoms with van der Waals surface area (Å²) in [7, 11) is 8.11. The maximum Gasteiger partial charge on any atom is 0.203 e. The van der Waals surface area contributed by atoms with Crippen molar-refractivity contribution < 1.29 is 28.8 Å². The second-order valence-electron chi connectivity index (χ2n) is 8.62. The van der Waals surface area contributed by atoms with Crippen molar-refractivity contribution in [3.8, 4) is 28.7 Å². The van der Waals surface area contributed by atoms with Gasteiger partial charge < -0.3 is 28.6 Å². The molecule has 196 valence electrons. The minimum Gasteiger partial charge on any atom is -0.504 e. The molecule has 4 rings (SSSR count). The van der Waals surface area contributed by atoms with Gasteiger partial charge >= 0.3 is 0 Å². The maximum atomic E-state index is 13.0. The summed E-state index contributed by atoms with van der Waals surface area (Å²) in [4.78, 5) is 13.0. The van der Waals surface area contributed by atoms with E-state index in [-0.39, 0.29) is 11.5 Å². The average Bonchev–Trinajstić information content (AvgIpc) is 3.28. The second-order valence-corrected chi connectivity index (χ2v) is 8.62. The minimum absolute atomic E-state index is 0.0294. The summed E-state index contributed by atoms with van der Waals surface area (Å²) >= 11 is 0. The van der Waals surface area contributed by atoms with Crippen LogP contribution in [0.3, 0.4) is 0 Å². The van der Waals surface area contributed by atoms with E-state index in [1.165, 1.54) is 7.11 Å². The first-order valence-corrected chi connectivity index (χ1v) is 12.0. The lowest BCUT2D eigenvalue weighted by molar-refractivity contribution is 0.104. The van der Waals surface area contributed by atoms with Crippen LogP contribution in [-0.2, 0) is 13.5 Å². The van der Waals surface area contributed by atoms with Crippen molar-refractivity contribution in [2.75, 3.05) is 28.4 Å². The number of aryl methyl sites for hydroxylation is 1. The predicted molar refractivity (Wildman–Crippen MR) is 150 cm³/mol. The zero-order chi connectivity index (χ0) is 27.2. The first-order valence-electron chi connectivity index (χ1n) is 12.0. The third-order valence-corrected chi connectivity index (χ3v) is 6.40. The van der Waals surface area contributed by atoms with Crippen LogP contribution in [0.5, 0.6) is 28.7 Å². The van der Waals surface area contributed by atoms with E-state index in [4.69, 9.17) is 18.9 Å². The van der Waals surface area contributed by atoms with Crippen LogP contribution in [0.4, 0.5) is 0 Å². The number of nitrogens with zero attached hydrogens (tertiary/aromatic N) is 1. The second kappa shape index (κ2) is 11.6. The van der Waals surface area contributed by atoms with Crippen molar-refractivity contribution in [1.82, 2.24) is 4.57 Å². The first-order chi connectivity index (χ1) is 18.4. The number of phenols is 1. The lowest BCUT2D eigenvalue weighted by Crippen LogP contribution is -1.96.